The molecule has 0 saturated carbocycles. The molecule has 1 heteroatoms. The van der Waals surface area contributed by atoms with Gasteiger partial charge < -0.3 is 0 Å². The quantitative estimate of drug-likeness (QED) is 0.559. The summed E-state index contributed by atoms with van der Waals surface area (Å²) in [6, 6.07) is 8.36. The van der Waals surface area contributed by atoms with Crippen molar-refractivity contribution in [2.75, 3.05) is 0 Å². The fourth-order valence-electron chi connectivity index (χ4n) is 0.663. The van der Waals surface area contributed by atoms with E-state index in [4.69, 9.17) is 0 Å². The van der Waals surface area contributed by atoms with Crippen LogP contribution in [0.25, 0.3) is 0 Å². The van der Waals surface area contributed by atoms with Gasteiger partial charge in [0.25, 0.3) is 0 Å². The molecule has 0 bridgehead atoms. The summed E-state index contributed by atoms with van der Waals surface area (Å²) in [5, 5.41) is 0. The predicted octanol–water partition coefficient (Wildman–Crippen LogP) is 3.75. The Morgan fingerprint density at radius 1 is 0.818 bits per heavy atom. The Bertz CT molecular complexity index is 161. The fourth-order valence-corrected chi connectivity index (χ4v) is 0.663. The highest BCUT2D eigenvalue weighted by molar-refractivity contribution is 5.85. The van der Waals surface area contributed by atoms with Crippen molar-refractivity contribution in [1.82, 2.24) is 0 Å². The van der Waals surface area contributed by atoms with Gasteiger partial charge in [-0.1, -0.05) is 38.1 Å². The molecule has 0 nitrogen and oxygen atoms in total. The van der Waals surface area contributed by atoms with E-state index >= 15 is 0 Å². The average Bonchev–Trinajstić information content (AvgIpc) is 2.00. The van der Waals surface area contributed by atoms with E-state index in [1.54, 1.807) is 0 Å². The topological polar surface area (TPSA) is 0 Å². The first-order chi connectivity index (χ1) is 4.80. The van der Waals surface area contributed by atoms with E-state index in [-0.39, 0.29) is 12.4 Å². The van der Waals surface area contributed by atoms with E-state index in [0.29, 0.717) is 0 Å². The Kier molecular flexibility index (Phi) is 9.09. The Morgan fingerprint density at radius 3 is 1.27 bits per heavy atom. The van der Waals surface area contributed by atoms with Gasteiger partial charge in [-0.15, -0.1) is 12.4 Å². The van der Waals surface area contributed by atoms with Crippen LogP contribution in [0.3, 0.4) is 0 Å². The number of aryl methyl sites for hydroxylation is 2. The largest absolute Gasteiger partial charge is 0.147 e. The third-order valence-corrected chi connectivity index (χ3v) is 1.43. The van der Waals surface area contributed by atoms with Crippen molar-refractivity contribution < 1.29 is 0 Å². The van der Waals surface area contributed by atoms with Crippen molar-refractivity contribution in [3.05, 3.63) is 35.4 Å². The summed E-state index contributed by atoms with van der Waals surface area (Å²) in [6.07, 6.45) is 0. The zero-order valence-electron chi connectivity index (χ0n) is 7.72. The van der Waals surface area contributed by atoms with Crippen LogP contribution >= 0.6 is 12.4 Å². The van der Waals surface area contributed by atoms with Gasteiger partial charge in [-0.05, 0) is 25.0 Å². The van der Waals surface area contributed by atoms with Crippen molar-refractivity contribution >= 4 is 12.4 Å². The number of rotatable bonds is 0. The number of halogens is 1. The first-order valence-electron chi connectivity index (χ1n) is 3.83. The van der Waals surface area contributed by atoms with Crippen molar-refractivity contribution in [2.24, 2.45) is 0 Å². The molecule has 1 aromatic rings. The molecule has 64 valence electrons. The van der Waals surface area contributed by atoms with Crippen LogP contribution in [0.15, 0.2) is 24.3 Å². The van der Waals surface area contributed by atoms with Crippen LogP contribution in [0, 0.1) is 13.8 Å². The second-order valence-corrected chi connectivity index (χ2v) is 2.08. The van der Waals surface area contributed by atoms with E-state index < -0.39 is 0 Å². The standard InChI is InChI=1S/C8H10.C2H6.ClH/c1-7-5-3-4-6-8(7)2;1-2;/h3-6H,1-2H3;1-2H3;1H. The molecule has 0 aromatic heterocycles. The molecule has 0 aliphatic rings. The van der Waals surface area contributed by atoms with E-state index in [0.717, 1.165) is 0 Å². The molecule has 0 amide bonds. The molecule has 1 aromatic carbocycles. The van der Waals surface area contributed by atoms with Gasteiger partial charge in [0.15, 0.2) is 0 Å². The fraction of sp³-hybridized carbons (Fsp3) is 0.400. The lowest BCUT2D eigenvalue weighted by molar-refractivity contribution is 1.34. The smallest absolute Gasteiger partial charge is 0.0395 e. The summed E-state index contributed by atoms with van der Waals surface area (Å²) in [5.41, 5.74) is 2.74. The van der Waals surface area contributed by atoms with Gasteiger partial charge in [-0.25, -0.2) is 0 Å². The van der Waals surface area contributed by atoms with Crippen LogP contribution in [0.2, 0.25) is 0 Å². The molecule has 0 N–H and O–H groups in total. The zero-order valence-corrected chi connectivity index (χ0v) is 8.53. The maximum atomic E-state index is 2.12. The minimum absolute atomic E-state index is 0. The zero-order chi connectivity index (χ0) is 7.98. The van der Waals surface area contributed by atoms with E-state index in [1.807, 2.05) is 13.8 Å². The van der Waals surface area contributed by atoms with Crippen LogP contribution in [0.5, 0.6) is 0 Å². The van der Waals surface area contributed by atoms with Crippen LogP contribution in [0.4, 0.5) is 0 Å². The molecule has 0 unspecified atom stereocenters. The highest BCUT2D eigenvalue weighted by Crippen LogP contribution is 2.02. The van der Waals surface area contributed by atoms with E-state index in [9.17, 15) is 0 Å². The van der Waals surface area contributed by atoms with Gasteiger partial charge in [0, 0.05) is 0 Å². The molecule has 0 radical (unpaired) electrons. The molecule has 0 heterocycles. The average molecular weight is 173 g/mol. The summed E-state index contributed by atoms with van der Waals surface area (Å²) >= 11 is 0. The number of benzene rings is 1. The summed E-state index contributed by atoms with van der Waals surface area (Å²) in [7, 11) is 0. The van der Waals surface area contributed by atoms with Gasteiger partial charge in [-0.2, -0.15) is 0 Å². The minimum Gasteiger partial charge on any atom is -0.147 e. The Morgan fingerprint density at radius 2 is 1.09 bits per heavy atom. The molecule has 1 rings (SSSR count). The van der Waals surface area contributed by atoms with Gasteiger partial charge in [0.05, 0.1) is 0 Å². The molecule has 0 saturated heterocycles. The third kappa shape index (κ3) is 4.86. The Balaban J connectivity index is 0. The summed E-state index contributed by atoms with van der Waals surface area (Å²) in [6.45, 7) is 8.24. The lowest BCUT2D eigenvalue weighted by Gasteiger charge is -1.93. The molecular formula is C10H17Cl. The second-order valence-electron chi connectivity index (χ2n) is 2.08. The maximum absolute atomic E-state index is 2.12. The highest BCUT2D eigenvalue weighted by Gasteiger charge is 1.83. The number of hydrogen-bond donors (Lipinski definition) is 0. The second kappa shape index (κ2) is 7.62. The third-order valence-electron chi connectivity index (χ3n) is 1.43. The molecule has 0 fully saturated rings. The Hall–Kier alpha value is -0.490. The predicted molar refractivity (Wildman–Crippen MR) is 54.5 cm³/mol. The summed E-state index contributed by atoms with van der Waals surface area (Å²) in [5.74, 6) is 0. The summed E-state index contributed by atoms with van der Waals surface area (Å²) < 4.78 is 0. The molecule has 0 atom stereocenters. The van der Waals surface area contributed by atoms with Gasteiger partial charge in [0.1, 0.15) is 0 Å². The summed E-state index contributed by atoms with van der Waals surface area (Å²) in [4.78, 5) is 0. The Labute approximate surface area is 76.1 Å². The van der Waals surface area contributed by atoms with Gasteiger partial charge >= 0.3 is 0 Å². The number of hydrogen-bond acceptors (Lipinski definition) is 0. The van der Waals surface area contributed by atoms with E-state index in [1.165, 1.54) is 11.1 Å². The lowest BCUT2D eigenvalue weighted by Crippen LogP contribution is -1.74. The van der Waals surface area contributed by atoms with Crippen molar-refractivity contribution in [2.45, 2.75) is 27.7 Å². The normalized spacial score (nSPS) is 7.27. The minimum atomic E-state index is 0. The molecule has 0 spiro atoms. The first kappa shape index (κ1) is 13.1. The molecule has 11 heavy (non-hydrogen) atoms. The first-order valence-corrected chi connectivity index (χ1v) is 3.83. The van der Waals surface area contributed by atoms with Crippen molar-refractivity contribution in [3.8, 4) is 0 Å². The van der Waals surface area contributed by atoms with Gasteiger partial charge in [-0.3, -0.25) is 0 Å². The monoisotopic (exact) mass is 172 g/mol. The van der Waals surface area contributed by atoms with Gasteiger partial charge in [0.2, 0.25) is 0 Å². The lowest BCUT2D eigenvalue weighted by atomic mass is 10.1. The van der Waals surface area contributed by atoms with E-state index in [2.05, 4.69) is 38.1 Å². The molecular weight excluding hydrogens is 156 g/mol. The molecule has 0 aliphatic carbocycles. The van der Waals surface area contributed by atoms with Crippen LogP contribution in [0.1, 0.15) is 25.0 Å². The highest BCUT2D eigenvalue weighted by atomic mass is 35.5. The van der Waals surface area contributed by atoms with Crippen molar-refractivity contribution in [1.29, 1.82) is 0 Å². The van der Waals surface area contributed by atoms with Crippen LogP contribution in [-0.2, 0) is 0 Å². The maximum Gasteiger partial charge on any atom is -0.0395 e. The van der Waals surface area contributed by atoms with Crippen LogP contribution in [-0.4, -0.2) is 0 Å². The molecule has 0 aliphatic heterocycles. The SMILES string of the molecule is CC.Cc1ccccc1C.Cl. The van der Waals surface area contributed by atoms with Crippen LogP contribution < -0.4 is 0 Å². The van der Waals surface area contributed by atoms with Crippen molar-refractivity contribution in [3.63, 3.8) is 0 Å².